The molecule has 1 saturated carbocycles. The van der Waals surface area contributed by atoms with Crippen molar-refractivity contribution in [2.75, 3.05) is 0 Å². The van der Waals surface area contributed by atoms with E-state index in [2.05, 4.69) is 76.4 Å². The van der Waals surface area contributed by atoms with Crippen LogP contribution in [0.15, 0.2) is 47.6 Å². The fourth-order valence-electron chi connectivity index (χ4n) is 6.34. The second-order valence-electron chi connectivity index (χ2n) is 11.9. The van der Waals surface area contributed by atoms with Crippen molar-refractivity contribution >= 4 is 25.9 Å². The molecule has 0 bridgehead atoms. The standard InChI is InChI=1S/C29H38O2Si/c1-28(2,3)32(4,5)31-27(30)29-18-9-8-12-26(29)25-16-15-22-21-11-7-6-10-20(21)13-14-23(22)24(25)17-19-29/h6-7,10-11,13,15-16,23-24H,8-9,12,14,17-19H2,1-5H3. The largest absolute Gasteiger partial charge is 0.518 e. The third-order valence-corrected chi connectivity index (χ3v) is 13.5. The molecule has 0 radical (unpaired) electrons. The Kier molecular flexibility index (Phi) is 5.20. The van der Waals surface area contributed by atoms with E-state index in [0.717, 1.165) is 38.5 Å². The first-order valence-corrected chi connectivity index (χ1v) is 15.5. The smallest absolute Gasteiger partial charge is 0.302 e. The van der Waals surface area contributed by atoms with Gasteiger partial charge in [-0.05, 0) is 95.6 Å². The molecular formula is C29H38O2Si. The topological polar surface area (TPSA) is 26.3 Å². The molecule has 170 valence electrons. The molecule has 1 aromatic rings. The normalized spacial score (nSPS) is 29.3. The average Bonchev–Trinajstić information content (AvgIpc) is 2.77. The Morgan fingerprint density at radius 3 is 2.56 bits per heavy atom. The molecular weight excluding hydrogens is 408 g/mol. The monoisotopic (exact) mass is 446 g/mol. The van der Waals surface area contributed by atoms with Crippen LogP contribution in [-0.4, -0.2) is 14.3 Å². The zero-order chi connectivity index (χ0) is 22.7. The Bertz CT molecular complexity index is 1130. The van der Waals surface area contributed by atoms with Crippen LogP contribution in [0.2, 0.25) is 18.1 Å². The predicted molar refractivity (Wildman–Crippen MR) is 135 cm³/mol. The highest BCUT2D eigenvalue weighted by Crippen LogP contribution is 2.57. The summed E-state index contributed by atoms with van der Waals surface area (Å²) in [6, 6.07) is 8.82. The lowest BCUT2D eigenvalue weighted by molar-refractivity contribution is -0.147. The van der Waals surface area contributed by atoms with Crippen LogP contribution in [0.5, 0.6) is 0 Å². The van der Waals surface area contributed by atoms with Crippen LogP contribution < -0.4 is 10.4 Å². The summed E-state index contributed by atoms with van der Waals surface area (Å²) in [4.78, 5) is 13.9. The van der Waals surface area contributed by atoms with Gasteiger partial charge in [0.25, 0.3) is 8.32 Å². The third kappa shape index (κ3) is 3.31. The maximum absolute atomic E-state index is 13.9. The molecule has 0 aromatic heterocycles. The van der Waals surface area contributed by atoms with Gasteiger partial charge in [0.15, 0.2) is 0 Å². The number of fused-ring (bicyclic) bond motifs is 5. The first-order chi connectivity index (χ1) is 15.1. The van der Waals surface area contributed by atoms with Gasteiger partial charge in [-0.2, -0.15) is 0 Å². The van der Waals surface area contributed by atoms with Gasteiger partial charge in [0.1, 0.15) is 0 Å². The van der Waals surface area contributed by atoms with E-state index in [0.29, 0.717) is 11.8 Å². The predicted octanol–water partition coefficient (Wildman–Crippen LogP) is 6.02. The summed E-state index contributed by atoms with van der Waals surface area (Å²) >= 11 is 0. The molecule has 3 atom stereocenters. The van der Waals surface area contributed by atoms with Gasteiger partial charge in [-0.15, -0.1) is 0 Å². The molecule has 4 aliphatic rings. The lowest BCUT2D eigenvalue weighted by atomic mass is 9.56. The highest BCUT2D eigenvalue weighted by Gasteiger charge is 2.53. The van der Waals surface area contributed by atoms with Gasteiger partial charge in [-0.25, -0.2) is 0 Å². The third-order valence-electron chi connectivity index (χ3n) is 9.22. The molecule has 5 rings (SSSR count). The summed E-state index contributed by atoms with van der Waals surface area (Å²) in [5.41, 5.74) is 4.03. The van der Waals surface area contributed by atoms with E-state index < -0.39 is 8.32 Å². The molecule has 3 unspecified atom stereocenters. The van der Waals surface area contributed by atoms with Crippen LogP contribution in [0, 0.1) is 17.3 Å². The number of rotatable bonds is 2. The fraction of sp³-hybridized carbons (Fsp3) is 0.552. The molecule has 0 spiro atoms. The summed E-state index contributed by atoms with van der Waals surface area (Å²) < 4.78 is 6.47. The average molecular weight is 447 g/mol. The number of hydrogen-bond donors (Lipinski definition) is 0. The van der Waals surface area contributed by atoms with Crippen molar-refractivity contribution in [2.24, 2.45) is 17.3 Å². The molecule has 0 aliphatic heterocycles. The maximum atomic E-state index is 13.9. The highest BCUT2D eigenvalue weighted by molar-refractivity contribution is 6.75. The Morgan fingerprint density at radius 2 is 1.78 bits per heavy atom. The van der Waals surface area contributed by atoms with Crippen molar-refractivity contribution < 1.29 is 9.22 Å². The summed E-state index contributed by atoms with van der Waals surface area (Å²) in [5, 5.41) is 2.82. The van der Waals surface area contributed by atoms with Crippen molar-refractivity contribution in [3.8, 4) is 0 Å². The first kappa shape index (κ1) is 21.9. The molecule has 0 N–H and O–H groups in total. The van der Waals surface area contributed by atoms with Gasteiger partial charge in [-0.3, -0.25) is 4.79 Å². The van der Waals surface area contributed by atoms with Crippen molar-refractivity contribution in [1.82, 2.24) is 0 Å². The highest BCUT2D eigenvalue weighted by atomic mass is 28.4. The van der Waals surface area contributed by atoms with Crippen LogP contribution in [0.1, 0.15) is 65.7 Å². The quantitative estimate of drug-likeness (QED) is 0.519. The summed E-state index contributed by atoms with van der Waals surface area (Å²) in [7, 11) is -2.14. The summed E-state index contributed by atoms with van der Waals surface area (Å²) in [5.74, 6) is 1.18. The van der Waals surface area contributed by atoms with Crippen LogP contribution in [-0.2, 0) is 9.22 Å². The fourth-order valence-corrected chi connectivity index (χ4v) is 7.31. The van der Waals surface area contributed by atoms with E-state index in [1.165, 1.54) is 33.6 Å². The van der Waals surface area contributed by atoms with Crippen molar-refractivity contribution in [3.05, 3.63) is 58.0 Å². The SMILES string of the molecule is CC(C)(C)[Si](C)(C)OC(=O)C12CCCCC1=C1C=CC3=c4ccccc4=CCC3C1CC2. The molecule has 1 fully saturated rings. The minimum absolute atomic E-state index is 0.0401. The molecule has 4 aliphatic carbocycles. The van der Waals surface area contributed by atoms with Crippen molar-refractivity contribution in [3.63, 3.8) is 0 Å². The van der Waals surface area contributed by atoms with E-state index in [4.69, 9.17) is 4.43 Å². The zero-order valence-corrected chi connectivity index (χ0v) is 21.5. The number of allylic oxidation sites excluding steroid dienone is 3. The molecule has 1 aromatic carbocycles. The Morgan fingerprint density at radius 1 is 1.03 bits per heavy atom. The van der Waals surface area contributed by atoms with Crippen LogP contribution in [0.3, 0.4) is 0 Å². The van der Waals surface area contributed by atoms with Crippen molar-refractivity contribution in [1.29, 1.82) is 0 Å². The van der Waals surface area contributed by atoms with Gasteiger partial charge in [0.2, 0.25) is 0 Å². The Hall–Kier alpha value is -1.87. The maximum Gasteiger partial charge on any atom is 0.302 e. The first-order valence-electron chi connectivity index (χ1n) is 12.6. The molecule has 2 nitrogen and oxygen atoms in total. The second kappa shape index (κ2) is 7.58. The van der Waals surface area contributed by atoms with Gasteiger partial charge in [-0.1, -0.05) is 69.7 Å². The summed E-state index contributed by atoms with van der Waals surface area (Å²) in [6.07, 6.45) is 14.7. The van der Waals surface area contributed by atoms with E-state index in [1.807, 2.05) is 0 Å². The summed E-state index contributed by atoms with van der Waals surface area (Å²) in [6.45, 7) is 11.1. The van der Waals surface area contributed by atoms with Crippen LogP contribution in [0.25, 0.3) is 11.6 Å². The van der Waals surface area contributed by atoms with E-state index in [1.54, 1.807) is 0 Å². The molecule has 0 heterocycles. The zero-order valence-electron chi connectivity index (χ0n) is 20.5. The van der Waals surface area contributed by atoms with Gasteiger partial charge in [0.05, 0.1) is 5.41 Å². The van der Waals surface area contributed by atoms with Gasteiger partial charge >= 0.3 is 5.97 Å². The van der Waals surface area contributed by atoms with E-state index in [-0.39, 0.29) is 16.4 Å². The van der Waals surface area contributed by atoms with Gasteiger partial charge in [0, 0.05) is 0 Å². The van der Waals surface area contributed by atoms with E-state index in [9.17, 15) is 4.79 Å². The second-order valence-corrected chi connectivity index (χ2v) is 16.7. The number of carbonyl (C=O) groups excluding carboxylic acids is 1. The molecule has 0 saturated heterocycles. The Balaban J connectivity index is 1.58. The van der Waals surface area contributed by atoms with Gasteiger partial charge < -0.3 is 4.43 Å². The number of carbonyl (C=O) groups is 1. The lowest BCUT2D eigenvalue weighted by Crippen LogP contribution is -2.50. The minimum Gasteiger partial charge on any atom is -0.518 e. The van der Waals surface area contributed by atoms with Crippen LogP contribution >= 0.6 is 0 Å². The molecule has 32 heavy (non-hydrogen) atoms. The molecule has 3 heteroatoms. The lowest BCUT2D eigenvalue weighted by Gasteiger charge is -2.49. The molecule has 0 amide bonds. The van der Waals surface area contributed by atoms with Crippen molar-refractivity contribution in [2.45, 2.75) is 83.8 Å². The van der Waals surface area contributed by atoms with E-state index >= 15 is 0 Å². The Labute approximate surface area is 194 Å². The number of hydrogen-bond acceptors (Lipinski definition) is 2. The minimum atomic E-state index is -2.14. The van der Waals surface area contributed by atoms with Crippen LogP contribution in [0.4, 0.5) is 0 Å². The number of benzene rings is 1.